The van der Waals surface area contributed by atoms with Gasteiger partial charge >= 0.3 is 6.61 Å². The first-order valence-corrected chi connectivity index (χ1v) is 7.56. The smallest absolute Gasteiger partial charge is 0.387 e. The highest BCUT2D eigenvalue weighted by atomic mass is 127. The van der Waals surface area contributed by atoms with E-state index in [2.05, 4.69) is 9.73 Å². The fourth-order valence-electron chi connectivity index (χ4n) is 2.59. The molecule has 25 heavy (non-hydrogen) atoms. The van der Waals surface area contributed by atoms with Crippen molar-refractivity contribution in [3.63, 3.8) is 0 Å². The Labute approximate surface area is 161 Å². The van der Waals surface area contributed by atoms with E-state index in [4.69, 9.17) is 19.9 Å². The van der Waals surface area contributed by atoms with E-state index in [1.165, 1.54) is 6.07 Å². The Morgan fingerprint density at radius 1 is 1.40 bits per heavy atom. The molecule has 2 heterocycles. The number of aliphatic imine (C=N–C) groups is 1. The van der Waals surface area contributed by atoms with Crippen molar-refractivity contribution in [1.82, 2.24) is 4.90 Å². The maximum Gasteiger partial charge on any atom is 0.387 e. The number of hydrogen-bond acceptors (Lipinski definition) is 5. The van der Waals surface area contributed by atoms with E-state index in [1.54, 1.807) is 6.07 Å². The van der Waals surface area contributed by atoms with Gasteiger partial charge in [0.1, 0.15) is 5.75 Å². The quantitative estimate of drug-likeness (QED) is 0.412. The molecule has 0 amide bonds. The number of guanidine groups is 1. The Kier molecular flexibility index (Phi) is 6.87. The molecule has 140 valence electrons. The minimum Gasteiger partial charge on any atom is -0.454 e. The Morgan fingerprint density at radius 3 is 2.80 bits per heavy atom. The normalized spacial score (nSPS) is 19.8. The number of morpholine rings is 1. The van der Waals surface area contributed by atoms with E-state index in [-0.39, 0.29) is 49.2 Å². The molecule has 1 atom stereocenters. The molecule has 0 bridgehead atoms. The summed E-state index contributed by atoms with van der Waals surface area (Å²) in [6, 6.07) is 2.96. The van der Waals surface area contributed by atoms with Gasteiger partial charge in [-0.1, -0.05) is 0 Å². The van der Waals surface area contributed by atoms with Crippen molar-refractivity contribution in [3.05, 3.63) is 17.7 Å². The lowest BCUT2D eigenvalue weighted by molar-refractivity contribution is -0.0505. The van der Waals surface area contributed by atoms with Gasteiger partial charge in [-0.25, -0.2) is 4.99 Å². The van der Waals surface area contributed by atoms with Gasteiger partial charge in [0, 0.05) is 24.7 Å². The molecule has 1 unspecified atom stereocenters. The van der Waals surface area contributed by atoms with Gasteiger partial charge < -0.3 is 29.6 Å². The van der Waals surface area contributed by atoms with Crippen LogP contribution < -0.4 is 19.9 Å². The highest BCUT2D eigenvalue weighted by Crippen LogP contribution is 2.39. The molecule has 0 aliphatic carbocycles. The lowest BCUT2D eigenvalue weighted by atomic mass is 10.1. The van der Waals surface area contributed by atoms with Gasteiger partial charge in [0.15, 0.2) is 17.5 Å². The summed E-state index contributed by atoms with van der Waals surface area (Å²) in [5.41, 5.74) is 6.45. The Hall–Kier alpha value is -1.56. The molecular weight excluding hydrogens is 451 g/mol. The Morgan fingerprint density at radius 2 is 2.12 bits per heavy atom. The van der Waals surface area contributed by atoms with Crippen molar-refractivity contribution in [2.75, 3.05) is 26.5 Å². The predicted octanol–water partition coefficient (Wildman–Crippen LogP) is 2.17. The lowest BCUT2D eigenvalue weighted by Crippen LogP contribution is -2.47. The number of benzene rings is 1. The van der Waals surface area contributed by atoms with Crippen molar-refractivity contribution >= 4 is 29.9 Å². The van der Waals surface area contributed by atoms with Gasteiger partial charge in [-0.2, -0.15) is 8.78 Å². The van der Waals surface area contributed by atoms with Gasteiger partial charge in [-0.05, 0) is 13.0 Å². The van der Waals surface area contributed by atoms with E-state index >= 15 is 0 Å². The molecule has 0 saturated carbocycles. The van der Waals surface area contributed by atoms with Crippen LogP contribution in [0, 0.1) is 0 Å². The van der Waals surface area contributed by atoms with Crippen LogP contribution in [0.4, 0.5) is 8.78 Å². The van der Waals surface area contributed by atoms with E-state index < -0.39 is 6.61 Å². The first kappa shape index (κ1) is 19.8. The fraction of sp³-hybridized carbons (Fsp3) is 0.533. The van der Waals surface area contributed by atoms with Crippen molar-refractivity contribution in [1.29, 1.82) is 0 Å². The predicted molar refractivity (Wildman–Crippen MR) is 96.9 cm³/mol. The average Bonchev–Trinajstić information content (AvgIpc) is 2.99. The van der Waals surface area contributed by atoms with Crippen molar-refractivity contribution in [3.8, 4) is 17.2 Å². The van der Waals surface area contributed by atoms with E-state index in [1.807, 2.05) is 11.8 Å². The molecule has 0 spiro atoms. The first-order chi connectivity index (χ1) is 11.5. The molecular formula is C15H20F2IN3O4. The van der Waals surface area contributed by atoms with Crippen LogP contribution in [0.15, 0.2) is 17.1 Å². The summed E-state index contributed by atoms with van der Waals surface area (Å²) >= 11 is 0. The summed E-state index contributed by atoms with van der Waals surface area (Å²) in [5.74, 6) is 1.18. The van der Waals surface area contributed by atoms with Gasteiger partial charge in [0.25, 0.3) is 0 Å². The topological polar surface area (TPSA) is 78.5 Å². The zero-order valence-corrected chi connectivity index (χ0v) is 15.9. The first-order valence-electron chi connectivity index (χ1n) is 7.56. The lowest BCUT2D eigenvalue weighted by Gasteiger charge is -2.31. The van der Waals surface area contributed by atoms with Crippen LogP contribution >= 0.6 is 24.0 Å². The molecule has 3 rings (SSSR count). The van der Waals surface area contributed by atoms with Gasteiger partial charge in [0.2, 0.25) is 6.79 Å². The summed E-state index contributed by atoms with van der Waals surface area (Å²) in [5, 5.41) is 0. The molecule has 10 heteroatoms. The molecule has 0 aromatic heterocycles. The Bertz CT molecular complexity index is 633. The fourth-order valence-corrected chi connectivity index (χ4v) is 2.59. The molecule has 2 aliphatic rings. The second-order valence-corrected chi connectivity index (χ2v) is 5.49. The second kappa shape index (κ2) is 8.70. The van der Waals surface area contributed by atoms with Crippen LogP contribution in [-0.2, 0) is 11.3 Å². The molecule has 1 saturated heterocycles. The van der Waals surface area contributed by atoms with E-state index in [9.17, 15) is 8.78 Å². The number of alkyl halides is 2. The summed E-state index contributed by atoms with van der Waals surface area (Å²) in [7, 11) is 0. The molecule has 2 aliphatic heterocycles. The number of hydrogen-bond donors (Lipinski definition) is 1. The highest BCUT2D eigenvalue weighted by molar-refractivity contribution is 14.0. The maximum atomic E-state index is 12.6. The van der Waals surface area contributed by atoms with Crippen LogP contribution in [0.3, 0.4) is 0 Å². The highest BCUT2D eigenvalue weighted by Gasteiger charge is 2.21. The number of fused-ring (bicyclic) bond motifs is 1. The Balaban J connectivity index is 0.00000225. The van der Waals surface area contributed by atoms with Crippen LogP contribution in [0.1, 0.15) is 12.5 Å². The number of nitrogens with two attached hydrogens (primary N) is 1. The minimum atomic E-state index is -2.94. The number of halogens is 3. The van der Waals surface area contributed by atoms with Crippen LogP contribution in [0.5, 0.6) is 17.2 Å². The van der Waals surface area contributed by atoms with Gasteiger partial charge in [-0.15, -0.1) is 24.0 Å². The third-order valence-corrected chi connectivity index (χ3v) is 3.75. The van der Waals surface area contributed by atoms with E-state index in [0.717, 1.165) is 0 Å². The van der Waals surface area contributed by atoms with Crippen LogP contribution in [0.25, 0.3) is 0 Å². The molecule has 1 fully saturated rings. The third-order valence-electron chi connectivity index (χ3n) is 3.75. The number of ether oxygens (including phenoxy) is 4. The summed E-state index contributed by atoms with van der Waals surface area (Å²) in [6.45, 7) is 0.997. The molecule has 7 nitrogen and oxygen atoms in total. The average molecular weight is 471 g/mol. The second-order valence-electron chi connectivity index (χ2n) is 5.49. The SMILES string of the molecule is CC1CN(C(N)=NCc2cc3c(cc2OC(F)F)OCO3)CCO1.I. The largest absolute Gasteiger partial charge is 0.454 e. The summed E-state index contributed by atoms with van der Waals surface area (Å²) in [6.07, 6.45) is 0.0655. The summed E-state index contributed by atoms with van der Waals surface area (Å²) in [4.78, 5) is 6.19. The molecule has 1 aromatic rings. The third kappa shape index (κ3) is 4.97. The monoisotopic (exact) mass is 471 g/mol. The van der Waals surface area contributed by atoms with Crippen LogP contribution in [0.2, 0.25) is 0 Å². The summed E-state index contributed by atoms with van der Waals surface area (Å²) < 4.78 is 45.7. The molecule has 0 radical (unpaired) electrons. The number of rotatable bonds is 4. The van der Waals surface area contributed by atoms with Gasteiger partial charge in [-0.3, -0.25) is 0 Å². The standard InChI is InChI=1S/C15H19F2N3O4.HI/c1-9-7-20(2-3-21-9)15(18)19-6-10-4-12-13(23-8-22-12)5-11(10)24-14(16)17;/h4-5,9,14H,2-3,6-8H2,1H3,(H2,18,19);1H. The van der Waals surface area contributed by atoms with Crippen molar-refractivity contribution in [2.24, 2.45) is 10.7 Å². The molecule has 2 N–H and O–H groups in total. The minimum absolute atomic E-state index is 0. The maximum absolute atomic E-state index is 12.6. The van der Waals surface area contributed by atoms with Gasteiger partial charge in [0.05, 0.1) is 19.3 Å². The van der Waals surface area contributed by atoms with Crippen molar-refractivity contribution in [2.45, 2.75) is 26.2 Å². The number of nitrogens with zero attached hydrogens (tertiary/aromatic N) is 2. The molecule has 1 aromatic carbocycles. The zero-order chi connectivity index (χ0) is 17.1. The van der Waals surface area contributed by atoms with Crippen molar-refractivity contribution < 1.29 is 27.7 Å². The van der Waals surface area contributed by atoms with E-state index in [0.29, 0.717) is 42.7 Å². The zero-order valence-electron chi connectivity index (χ0n) is 13.6. The van der Waals surface area contributed by atoms with Crippen LogP contribution in [-0.4, -0.2) is 50.1 Å².